The third-order valence-electron chi connectivity index (χ3n) is 3.59. The third kappa shape index (κ3) is 4.72. The predicted molar refractivity (Wildman–Crippen MR) is 101 cm³/mol. The lowest BCUT2D eigenvalue weighted by Gasteiger charge is -2.30. The summed E-state index contributed by atoms with van der Waals surface area (Å²) in [6, 6.07) is 6.56. The number of esters is 1. The van der Waals surface area contributed by atoms with E-state index in [0.29, 0.717) is 29.6 Å². The van der Waals surface area contributed by atoms with Gasteiger partial charge in [0.15, 0.2) is 5.17 Å². The molecule has 1 aliphatic heterocycles. The minimum Gasteiger partial charge on any atom is -0.462 e. The lowest BCUT2D eigenvalue weighted by atomic mass is 10.2. The van der Waals surface area contributed by atoms with E-state index in [2.05, 4.69) is 16.9 Å². The SMILES string of the molecule is C=CCN1C(=O)C[C@H](C(=O)NC)SC1=Nc1ccc(C(=O)OCC)cc1. The van der Waals surface area contributed by atoms with E-state index >= 15 is 0 Å². The number of amidine groups is 1. The number of benzene rings is 1. The first-order chi connectivity index (χ1) is 12.5. The molecule has 7 nitrogen and oxygen atoms in total. The fraction of sp³-hybridized carbons (Fsp3) is 0.333. The van der Waals surface area contributed by atoms with E-state index in [4.69, 9.17) is 4.74 Å². The van der Waals surface area contributed by atoms with Crippen LogP contribution in [0.3, 0.4) is 0 Å². The molecule has 0 radical (unpaired) electrons. The molecule has 0 unspecified atom stereocenters. The standard InChI is InChI=1S/C18H21N3O4S/c1-4-10-21-15(22)11-14(16(23)19-3)26-18(21)20-13-8-6-12(7-9-13)17(24)25-5-2/h4,6-9,14H,1,5,10-11H2,2-3H3,(H,19,23)/t14-/m1/s1. The van der Waals surface area contributed by atoms with Crippen molar-refractivity contribution in [2.75, 3.05) is 20.2 Å². The Balaban J connectivity index is 2.27. The van der Waals surface area contributed by atoms with Gasteiger partial charge in [0.2, 0.25) is 11.8 Å². The van der Waals surface area contributed by atoms with Gasteiger partial charge in [-0.1, -0.05) is 17.8 Å². The summed E-state index contributed by atoms with van der Waals surface area (Å²) in [5, 5.41) is 2.47. The first-order valence-corrected chi connectivity index (χ1v) is 9.03. The second-order valence-corrected chi connectivity index (χ2v) is 6.55. The molecular formula is C18H21N3O4S. The Bertz CT molecular complexity index is 730. The zero-order valence-electron chi connectivity index (χ0n) is 14.7. The summed E-state index contributed by atoms with van der Waals surface area (Å²) in [5.74, 6) is -0.798. The summed E-state index contributed by atoms with van der Waals surface area (Å²) in [5.41, 5.74) is 0.995. The number of nitrogens with zero attached hydrogens (tertiary/aromatic N) is 2. The molecule has 0 aromatic heterocycles. The average Bonchev–Trinajstić information content (AvgIpc) is 2.64. The quantitative estimate of drug-likeness (QED) is 0.608. The lowest BCUT2D eigenvalue weighted by molar-refractivity contribution is -0.130. The van der Waals surface area contributed by atoms with Gasteiger partial charge in [0.05, 0.1) is 23.1 Å². The zero-order valence-corrected chi connectivity index (χ0v) is 15.5. The molecule has 2 amide bonds. The van der Waals surface area contributed by atoms with Gasteiger partial charge in [0, 0.05) is 20.0 Å². The highest BCUT2D eigenvalue weighted by Gasteiger charge is 2.34. The molecule has 1 N–H and O–H groups in total. The predicted octanol–water partition coefficient (Wildman–Crippen LogP) is 2.12. The van der Waals surface area contributed by atoms with Gasteiger partial charge in [0.1, 0.15) is 0 Å². The number of carbonyl (C=O) groups is 3. The van der Waals surface area contributed by atoms with Crippen molar-refractivity contribution in [2.45, 2.75) is 18.6 Å². The molecule has 138 valence electrons. The maximum Gasteiger partial charge on any atom is 0.338 e. The maximum atomic E-state index is 12.4. The second-order valence-electron chi connectivity index (χ2n) is 5.38. The van der Waals surface area contributed by atoms with E-state index < -0.39 is 11.2 Å². The van der Waals surface area contributed by atoms with Gasteiger partial charge in [-0.2, -0.15) is 0 Å². The number of nitrogens with one attached hydrogen (secondary N) is 1. The van der Waals surface area contributed by atoms with Crippen LogP contribution in [0.5, 0.6) is 0 Å². The largest absolute Gasteiger partial charge is 0.462 e. The lowest BCUT2D eigenvalue weighted by Crippen LogP contribution is -2.46. The molecule has 1 atom stereocenters. The molecule has 0 saturated carbocycles. The van der Waals surface area contributed by atoms with Gasteiger partial charge in [-0.05, 0) is 31.2 Å². The van der Waals surface area contributed by atoms with Crippen molar-refractivity contribution in [3.8, 4) is 0 Å². The number of carbonyl (C=O) groups excluding carboxylic acids is 3. The summed E-state index contributed by atoms with van der Waals surface area (Å²) in [4.78, 5) is 42.0. The van der Waals surface area contributed by atoms with E-state index in [1.54, 1.807) is 37.3 Å². The van der Waals surface area contributed by atoms with Crippen LogP contribution in [0.15, 0.2) is 41.9 Å². The Hall–Kier alpha value is -2.61. The van der Waals surface area contributed by atoms with Crippen molar-refractivity contribution in [2.24, 2.45) is 4.99 Å². The zero-order chi connectivity index (χ0) is 19.1. The van der Waals surface area contributed by atoms with Gasteiger partial charge in [-0.3, -0.25) is 14.5 Å². The van der Waals surface area contributed by atoms with Crippen LogP contribution < -0.4 is 5.32 Å². The normalized spacial score (nSPS) is 18.5. The van der Waals surface area contributed by atoms with E-state index in [9.17, 15) is 14.4 Å². The van der Waals surface area contributed by atoms with Crippen molar-refractivity contribution < 1.29 is 19.1 Å². The van der Waals surface area contributed by atoms with Crippen LogP contribution in [0.4, 0.5) is 5.69 Å². The first kappa shape index (κ1) is 19.7. The number of amides is 2. The van der Waals surface area contributed by atoms with Gasteiger partial charge in [-0.15, -0.1) is 6.58 Å². The monoisotopic (exact) mass is 375 g/mol. The molecule has 0 bridgehead atoms. The van der Waals surface area contributed by atoms with Crippen LogP contribution >= 0.6 is 11.8 Å². The smallest absolute Gasteiger partial charge is 0.338 e. The molecule has 1 aromatic rings. The molecule has 1 aliphatic rings. The summed E-state index contributed by atoms with van der Waals surface area (Å²) in [7, 11) is 1.54. The van der Waals surface area contributed by atoms with E-state index in [0.717, 1.165) is 0 Å². The highest BCUT2D eigenvalue weighted by Crippen LogP contribution is 2.29. The molecule has 26 heavy (non-hydrogen) atoms. The third-order valence-corrected chi connectivity index (χ3v) is 4.78. The van der Waals surface area contributed by atoms with Gasteiger partial charge in [0.25, 0.3) is 0 Å². The Morgan fingerprint density at radius 1 is 1.42 bits per heavy atom. The minimum atomic E-state index is -0.522. The summed E-state index contributed by atoms with van der Waals surface area (Å²) in [6.45, 7) is 6.02. The summed E-state index contributed by atoms with van der Waals surface area (Å²) < 4.78 is 4.95. The Kier molecular flexibility index (Phi) is 6.97. The molecule has 0 aliphatic carbocycles. The molecule has 2 rings (SSSR count). The molecule has 1 aromatic carbocycles. The van der Waals surface area contributed by atoms with E-state index in [1.807, 2.05) is 0 Å². The molecule has 8 heteroatoms. The van der Waals surface area contributed by atoms with Crippen molar-refractivity contribution in [1.82, 2.24) is 10.2 Å². The number of ether oxygens (including phenoxy) is 1. The van der Waals surface area contributed by atoms with Gasteiger partial charge < -0.3 is 10.1 Å². The van der Waals surface area contributed by atoms with Gasteiger partial charge >= 0.3 is 5.97 Å². The molecule has 1 heterocycles. The number of rotatable bonds is 6. The van der Waals surface area contributed by atoms with Crippen LogP contribution in [0, 0.1) is 0 Å². The minimum absolute atomic E-state index is 0.110. The molecular weight excluding hydrogens is 354 g/mol. The summed E-state index contributed by atoms with van der Waals surface area (Å²) in [6.07, 6.45) is 1.72. The summed E-state index contributed by atoms with van der Waals surface area (Å²) >= 11 is 1.23. The van der Waals surface area contributed by atoms with Crippen LogP contribution in [0.1, 0.15) is 23.7 Å². The van der Waals surface area contributed by atoms with Crippen molar-refractivity contribution in [3.05, 3.63) is 42.5 Å². The van der Waals surface area contributed by atoms with Crippen molar-refractivity contribution in [3.63, 3.8) is 0 Å². The highest BCUT2D eigenvalue weighted by molar-refractivity contribution is 8.15. The van der Waals surface area contributed by atoms with Gasteiger partial charge in [-0.25, -0.2) is 9.79 Å². The fourth-order valence-electron chi connectivity index (χ4n) is 2.31. The molecule has 0 spiro atoms. The Morgan fingerprint density at radius 3 is 2.69 bits per heavy atom. The topological polar surface area (TPSA) is 88.1 Å². The number of thioether (sulfide) groups is 1. The molecule has 1 saturated heterocycles. The van der Waals surface area contributed by atoms with Crippen LogP contribution in [-0.2, 0) is 14.3 Å². The van der Waals surface area contributed by atoms with Crippen LogP contribution in [0.25, 0.3) is 0 Å². The van der Waals surface area contributed by atoms with Crippen LogP contribution in [-0.4, -0.2) is 53.3 Å². The second kappa shape index (κ2) is 9.19. The molecule has 1 fully saturated rings. The number of hydrogen-bond donors (Lipinski definition) is 1. The van der Waals surface area contributed by atoms with E-state index in [1.165, 1.54) is 23.7 Å². The van der Waals surface area contributed by atoms with Crippen molar-refractivity contribution in [1.29, 1.82) is 0 Å². The fourth-order valence-corrected chi connectivity index (χ4v) is 3.47. The number of aliphatic imine (C=N–C) groups is 1. The van der Waals surface area contributed by atoms with E-state index in [-0.39, 0.29) is 18.2 Å². The van der Waals surface area contributed by atoms with Crippen LogP contribution in [0.2, 0.25) is 0 Å². The highest BCUT2D eigenvalue weighted by atomic mass is 32.2. The van der Waals surface area contributed by atoms with Crippen molar-refractivity contribution >= 4 is 40.4 Å². The average molecular weight is 375 g/mol. The first-order valence-electron chi connectivity index (χ1n) is 8.15. The Morgan fingerprint density at radius 2 is 2.12 bits per heavy atom. The maximum absolute atomic E-state index is 12.4. The number of hydrogen-bond acceptors (Lipinski definition) is 6. The Labute approximate surface area is 156 Å².